The van der Waals surface area contributed by atoms with E-state index in [1.54, 1.807) is 37.3 Å². The van der Waals surface area contributed by atoms with E-state index in [1.165, 1.54) is 4.90 Å². The van der Waals surface area contributed by atoms with Gasteiger partial charge in [-0.2, -0.15) is 0 Å². The van der Waals surface area contributed by atoms with Crippen LogP contribution in [-0.2, 0) is 19.2 Å². The number of amides is 6. The first-order valence-corrected chi connectivity index (χ1v) is 9.12. The number of rotatable bonds is 5. The highest BCUT2D eigenvalue weighted by Gasteiger charge is 2.45. The number of nitrogens with one attached hydrogen (secondary N) is 3. The van der Waals surface area contributed by atoms with Crippen LogP contribution in [0.25, 0.3) is 0 Å². The Labute approximate surface area is 166 Å². The summed E-state index contributed by atoms with van der Waals surface area (Å²) in [6.45, 7) is 2.37. The van der Waals surface area contributed by atoms with Crippen molar-refractivity contribution in [3.05, 3.63) is 35.9 Å². The Bertz CT molecular complexity index is 860. The summed E-state index contributed by atoms with van der Waals surface area (Å²) < 4.78 is 0. The third-order valence-corrected chi connectivity index (χ3v) is 4.88. The number of piperazine rings is 1. The van der Waals surface area contributed by atoms with Gasteiger partial charge in [0.25, 0.3) is 5.91 Å². The minimum absolute atomic E-state index is 0.0105. The fraction of sp³-hybridized carbons (Fsp3) is 0.389. The van der Waals surface area contributed by atoms with Gasteiger partial charge in [0.05, 0.1) is 6.54 Å². The van der Waals surface area contributed by atoms with E-state index < -0.39 is 41.4 Å². The number of hydrogen-bond donors (Lipinski definition) is 4. The molecule has 0 aromatic heterocycles. The average Bonchev–Trinajstić information content (AvgIpc) is 2.73. The van der Waals surface area contributed by atoms with Gasteiger partial charge in [0.2, 0.25) is 5.91 Å². The SMILES string of the molecule is CCN1CCN(C(=O)NC(C(=O)NC2(N)CNC2=O)c2ccccc2)C(=O)C1=O. The molecule has 1 aromatic rings. The van der Waals surface area contributed by atoms with Crippen LogP contribution in [-0.4, -0.2) is 71.3 Å². The molecule has 154 valence electrons. The van der Waals surface area contributed by atoms with Crippen molar-refractivity contribution >= 4 is 29.7 Å². The van der Waals surface area contributed by atoms with Crippen molar-refractivity contribution in [1.82, 2.24) is 25.8 Å². The molecular weight excluding hydrogens is 380 g/mol. The fourth-order valence-electron chi connectivity index (χ4n) is 3.06. The van der Waals surface area contributed by atoms with Gasteiger partial charge in [-0.05, 0) is 12.5 Å². The van der Waals surface area contributed by atoms with Crippen LogP contribution in [0.15, 0.2) is 30.3 Å². The highest BCUT2D eigenvalue weighted by molar-refractivity contribution is 6.38. The zero-order valence-corrected chi connectivity index (χ0v) is 15.8. The largest absolute Gasteiger partial charge is 0.349 e. The molecule has 1 aromatic carbocycles. The summed E-state index contributed by atoms with van der Waals surface area (Å²) in [5.41, 5.74) is 4.70. The van der Waals surface area contributed by atoms with Crippen LogP contribution in [0.5, 0.6) is 0 Å². The molecule has 11 heteroatoms. The molecule has 2 saturated heterocycles. The number of nitrogens with two attached hydrogens (primary N) is 1. The molecule has 2 aliphatic heterocycles. The lowest BCUT2D eigenvalue weighted by Gasteiger charge is -2.38. The summed E-state index contributed by atoms with van der Waals surface area (Å²) in [7, 11) is 0. The highest BCUT2D eigenvalue weighted by Crippen LogP contribution is 2.16. The highest BCUT2D eigenvalue weighted by atomic mass is 16.2. The van der Waals surface area contributed by atoms with E-state index in [2.05, 4.69) is 16.0 Å². The minimum Gasteiger partial charge on any atom is -0.349 e. The lowest BCUT2D eigenvalue weighted by atomic mass is 10.0. The zero-order valence-electron chi connectivity index (χ0n) is 15.8. The number of urea groups is 1. The van der Waals surface area contributed by atoms with Gasteiger partial charge in [-0.1, -0.05) is 30.3 Å². The second-order valence-corrected chi connectivity index (χ2v) is 6.78. The Balaban J connectivity index is 1.77. The second kappa shape index (κ2) is 7.87. The van der Waals surface area contributed by atoms with Gasteiger partial charge in [-0.15, -0.1) is 0 Å². The molecule has 0 aliphatic carbocycles. The van der Waals surface area contributed by atoms with Crippen LogP contribution < -0.4 is 21.7 Å². The van der Waals surface area contributed by atoms with E-state index in [9.17, 15) is 24.0 Å². The number of likely N-dealkylation sites (N-methyl/N-ethyl adjacent to an activating group) is 1. The predicted molar refractivity (Wildman–Crippen MR) is 99.8 cm³/mol. The van der Waals surface area contributed by atoms with Gasteiger partial charge in [-0.3, -0.25) is 29.8 Å². The molecule has 5 N–H and O–H groups in total. The van der Waals surface area contributed by atoms with Crippen molar-refractivity contribution in [2.24, 2.45) is 5.73 Å². The topological polar surface area (TPSA) is 154 Å². The van der Waals surface area contributed by atoms with Gasteiger partial charge in [0.1, 0.15) is 6.04 Å². The predicted octanol–water partition coefficient (Wildman–Crippen LogP) is -1.97. The van der Waals surface area contributed by atoms with E-state index in [4.69, 9.17) is 5.73 Å². The molecule has 3 rings (SSSR count). The number of nitrogens with zero attached hydrogens (tertiary/aromatic N) is 2. The molecule has 0 radical (unpaired) electrons. The quantitative estimate of drug-likeness (QED) is 0.254. The van der Waals surface area contributed by atoms with Gasteiger partial charge in [-0.25, -0.2) is 4.79 Å². The van der Waals surface area contributed by atoms with Crippen LogP contribution in [0.2, 0.25) is 0 Å². The van der Waals surface area contributed by atoms with Gasteiger partial charge in [0, 0.05) is 19.6 Å². The molecule has 2 fully saturated rings. The minimum atomic E-state index is -1.56. The van der Waals surface area contributed by atoms with E-state index >= 15 is 0 Å². The van der Waals surface area contributed by atoms with E-state index in [1.807, 2.05) is 0 Å². The van der Waals surface area contributed by atoms with Crippen molar-refractivity contribution < 1.29 is 24.0 Å². The van der Waals surface area contributed by atoms with Crippen LogP contribution in [0.4, 0.5) is 4.79 Å². The van der Waals surface area contributed by atoms with Crippen molar-refractivity contribution in [2.75, 3.05) is 26.2 Å². The Morgan fingerprint density at radius 3 is 2.41 bits per heavy atom. The lowest BCUT2D eigenvalue weighted by Crippen LogP contribution is -2.78. The molecule has 2 aliphatic rings. The Morgan fingerprint density at radius 2 is 1.86 bits per heavy atom. The Morgan fingerprint density at radius 1 is 1.17 bits per heavy atom. The van der Waals surface area contributed by atoms with Gasteiger partial charge < -0.3 is 20.9 Å². The molecule has 0 saturated carbocycles. The lowest BCUT2D eigenvalue weighted by molar-refractivity contribution is -0.153. The first kappa shape index (κ1) is 20.3. The van der Waals surface area contributed by atoms with E-state index in [0.29, 0.717) is 12.1 Å². The maximum Gasteiger partial charge on any atom is 0.325 e. The van der Waals surface area contributed by atoms with E-state index in [0.717, 1.165) is 4.90 Å². The number of carbonyl (C=O) groups is 5. The summed E-state index contributed by atoms with van der Waals surface area (Å²) in [5, 5.41) is 7.32. The molecule has 6 amide bonds. The molecular formula is C18H22N6O5. The number of hydrogen-bond acceptors (Lipinski definition) is 6. The molecule has 0 bridgehead atoms. The van der Waals surface area contributed by atoms with Crippen molar-refractivity contribution in [3.8, 4) is 0 Å². The van der Waals surface area contributed by atoms with Crippen LogP contribution in [0.1, 0.15) is 18.5 Å². The maximum absolute atomic E-state index is 12.8. The molecule has 2 heterocycles. The third kappa shape index (κ3) is 3.90. The maximum atomic E-state index is 12.8. The third-order valence-electron chi connectivity index (χ3n) is 4.88. The average molecular weight is 402 g/mol. The normalized spacial score (nSPS) is 22.5. The summed E-state index contributed by atoms with van der Waals surface area (Å²) >= 11 is 0. The fourth-order valence-corrected chi connectivity index (χ4v) is 3.06. The first-order chi connectivity index (χ1) is 13.8. The summed E-state index contributed by atoms with van der Waals surface area (Å²) in [6, 6.07) is 6.19. The molecule has 2 atom stereocenters. The zero-order chi connectivity index (χ0) is 21.2. The van der Waals surface area contributed by atoms with Crippen LogP contribution in [0, 0.1) is 0 Å². The van der Waals surface area contributed by atoms with Crippen molar-refractivity contribution in [3.63, 3.8) is 0 Å². The smallest absolute Gasteiger partial charge is 0.325 e. The Hall–Kier alpha value is -3.47. The molecule has 11 nitrogen and oxygen atoms in total. The molecule has 0 spiro atoms. The van der Waals surface area contributed by atoms with Crippen molar-refractivity contribution in [1.29, 1.82) is 0 Å². The molecule has 29 heavy (non-hydrogen) atoms. The first-order valence-electron chi connectivity index (χ1n) is 9.12. The molecule has 2 unspecified atom stereocenters. The Kier molecular flexibility index (Phi) is 5.50. The van der Waals surface area contributed by atoms with Gasteiger partial charge in [0.15, 0.2) is 5.66 Å². The summed E-state index contributed by atoms with van der Waals surface area (Å²) in [5.74, 6) is -2.99. The summed E-state index contributed by atoms with van der Waals surface area (Å²) in [4.78, 5) is 63.5. The van der Waals surface area contributed by atoms with Crippen LogP contribution in [0.3, 0.4) is 0 Å². The standard InChI is InChI=1S/C18H22N6O5/c1-2-23-8-9-24(15(27)14(23)26)17(29)21-12(11-6-4-3-5-7-11)13(25)22-18(19)10-20-16(18)28/h3-7,12H,2,8-10,19H2,1H3,(H,20,28)(H,21,29)(H,22,25). The van der Waals surface area contributed by atoms with Crippen molar-refractivity contribution in [2.45, 2.75) is 18.6 Å². The number of carbonyl (C=O) groups excluding carboxylic acids is 5. The number of β-lactam (4-membered cyclic amide) rings is 1. The van der Waals surface area contributed by atoms with Crippen LogP contribution >= 0.6 is 0 Å². The van der Waals surface area contributed by atoms with Gasteiger partial charge >= 0.3 is 17.8 Å². The number of benzene rings is 1. The summed E-state index contributed by atoms with van der Waals surface area (Å²) in [6.07, 6.45) is 0. The second-order valence-electron chi connectivity index (χ2n) is 6.78. The number of imide groups is 1. The monoisotopic (exact) mass is 402 g/mol. The van der Waals surface area contributed by atoms with E-state index in [-0.39, 0.29) is 19.6 Å².